The number of aryl methyl sites for hydroxylation is 1. The third-order valence-electron chi connectivity index (χ3n) is 19.5. The number of phenols is 2. The summed E-state index contributed by atoms with van der Waals surface area (Å²) in [5.41, 5.74) is 35.4. The Morgan fingerprint density at radius 3 is 1.09 bits per heavy atom. The number of amides is 2. The quantitative estimate of drug-likeness (QED) is 0.0527. The molecule has 4 saturated heterocycles. The first-order chi connectivity index (χ1) is 51.7. The van der Waals surface area contributed by atoms with Gasteiger partial charge in [0, 0.05) is 61.5 Å². The van der Waals surface area contributed by atoms with Gasteiger partial charge in [0.1, 0.15) is 94.4 Å². The van der Waals surface area contributed by atoms with E-state index in [9.17, 15) is 19.8 Å². The Bertz CT molecular complexity index is 5140. The van der Waals surface area contributed by atoms with Gasteiger partial charge in [-0.3, -0.25) is 9.59 Å². The van der Waals surface area contributed by atoms with Crippen LogP contribution < -0.4 is 38.3 Å². The van der Waals surface area contributed by atoms with Crippen molar-refractivity contribution in [2.45, 2.75) is 82.5 Å². The van der Waals surface area contributed by atoms with E-state index >= 15 is 0 Å². The molecule has 0 aliphatic carbocycles. The monoisotopic (exact) mass is 1420 g/mol. The minimum atomic E-state index is -0.0796. The number of carbonyl (C=O) groups is 2. The van der Waals surface area contributed by atoms with Gasteiger partial charge < -0.3 is 58.3 Å². The number of carbonyl (C=O) groups excluding carboxylic acids is 2. The van der Waals surface area contributed by atoms with E-state index in [2.05, 4.69) is 94.9 Å². The number of aromatic nitrogens is 16. The first-order valence-corrected chi connectivity index (χ1v) is 35.4. The summed E-state index contributed by atoms with van der Waals surface area (Å²) in [5, 5.41) is 48.2. The number of para-hydroxylation sites is 1. The summed E-state index contributed by atoms with van der Waals surface area (Å²) in [6, 6.07) is 39.9. The zero-order valence-electron chi connectivity index (χ0n) is 58.6. The normalized spacial score (nSPS) is 17.3. The number of nitrogen functional groups attached to an aromatic ring is 4. The molecule has 4 aliphatic rings. The number of aromatic hydroxyl groups is 2. The lowest BCUT2D eigenvalue weighted by molar-refractivity contribution is -0.128. The molecule has 4 fully saturated rings. The minimum Gasteiger partial charge on any atom is -0.508 e. The Balaban J connectivity index is 0.000000120. The molecule has 12 N–H and O–H groups in total. The second-order valence-corrected chi connectivity index (χ2v) is 26.5. The van der Waals surface area contributed by atoms with Gasteiger partial charge in [0.05, 0.1) is 45.7 Å². The molecule has 29 heteroatoms. The second-order valence-electron chi connectivity index (χ2n) is 26.5. The van der Waals surface area contributed by atoms with Crippen molar-refractivity contribution in [2.24, 2.45) is 0 Å². The number of nitrogens with zero attached hydrogens (tertiary/aromatic N) is 18. The predicted octanol–water partition coefficient (Wildman–Crippen LogP) is 10.4. The fraction of sp³-hybridized carbons (Fsp3) is 0.273. The summed E-state index contributed by atoms with van der Waals surface area (Å²) >= 11 is 0. The molecule has 0 saturated carbocycles. The van der Waals surface area contributed by atoms with E-state index in [1.165, 1.54) is 43.0 Å². The van der Waals surface area contributed by atoms with Crippen LogP contribution in [0.1, 0.15) is 81.1 Å². The molecule has 4 aliphatic heterocycles. The molecule has 0 spiro atoms. The van der Waals surface area contributed by atoms with E-state index in [-0.39, 0.29) is 41.4 Å². The topological polar surface area (TPSA) is 393 Å². The van der Waals surface area contributed by atoms with Crippen LogP contribution in [0, 0.1) is 6.92 Å². The lowest BCUT2D eigenvalue weighted by Gasteiger charge is -2.32. The summed E-state index contributed by atoms with van der Waals surface area (Å²) < 4.78 is 13.6. The third kappa shape index (κ3) is 14.9. The van der Waals surface area contributed by atoms with E-state index in [0.29, 0.717) is 88.9 Å². The van der Waals surface area contributed by atoms with Crippen LogP contribution >= 0.6 is 0 Å². The van der Waals surface area contributed by atoms with Crippen molar-refractivity contribution in [1.82, 2.24) is 99.4 Å². The van der Waals surface area contributed by atoms with Gasteiger partial charge in [0.25, 0.3) is 0 Å². The van der Waals surface area contributed by atoms with Crippen LogP contribution in [0.5, 0.6) is 23.0 Å². The lowest BCUT2D eigenvalue weighted by Crippen LogP contribution is -2.40. The zero-order valence-corrected chi connectivity index (χ0v) is 58.6. The van der Waals surface area contributed by atoms with Crippen LogP contribution in [0.3, 0.4) is 0 Å². The van der Waals surface area contributed by atoms with E-state index in [0.717, 1.165) is 145 Å². The van der Waals surface area contributed by atoms with Crippen LogP contribution in [0.2, 0.25) is 0 Å². The molecular weight excluding hydrogens is 1340 g/mol. The van der Waals surface area contributed by atoms with Gasteiger partial charge >= 0.3 is 0 Å². The number of nitrogens with two attached hydrogens (primary N) is 4. The molecule has 13 aromatic rings. The highest BCUT2D eigenvalue weighted by atomic mass is 16.5. The fourth-order valence-corrected chi connectivity index (χ4v) is 14.1. The molecular formula is C77H82N24O5. The summed E-state index contributed by atoms with van der Waals surface area (Å²) in [6.45, 7) is 15.7. The number of hydrogen-bond donors (Lipinski definition) is 8. The highest BCUT2D eigenvalue weighted by Gasteiger charge is 2.32. The SMILES string of the molecule is C=CC(=O)N1CCC[C@@H](n2nc(-c3ccc(O)cc3)c3c(N)ncnc32)C1.C=CC(=O)N1CCC[C@@H](n2nc(-c3ccc(Oc4ccccc4)cc3)c3c(N)ncnc32)C1.Cc1ccc(-c2nn([C@@H]3CCCNC3)c3ncnc(N)c23)cc1.Nc1ncnc2c1c(-c1ccc(O)cc1)nn2[C@@H]1CCCNC1. The third-order valence-corrected chi connectivity index (χ3v) is 19.5. The van der Waals surface area contributed by atoms with Crippen LogP contribution in [-0.4, -0.2) is 163 Å². The number of hydrogen-bond acceptors (Lipinski definition) is 23. The Morgan fingerprint density at radius 1 is 0.434 bits per heavy atom. The van der Waals surface area contributed by atoms with Gasteiger partial charge in [-0.05, 0) is 168 Å². The number of ether oxygens (including phenoxy) is 1. The number of nitrogens with one attached hydrogen (secondary N) is 2. The molecule has 8 aromatic heterocycles. The van der Waals surface area contributed by atoms with Gasteiger partial charge in [0.2, 0.25) is 11.8 Å². The summed E-state index contributed by atoms with van der Waals surface area (Å²) in [6.07, 6.45) is 16.5. The maximum absolute atomic E-state index is 12.2. The fourth-order valence-electron chi connectivity index (χ4n) is 14.1. The number of rotatable bonds is 12. The molecule has 106 heavy (non-hydrogen) atoms. The maximum atomic E-state index is 12.2. The molecule has 540 valence electrons. The lowest BCUT2D eigenvalue weighted by atomic mass is 10.1. The number of benzene rings is 5. The van der Waals surface area contributed by atoms with Crippen LogP contribution in [-0.2, 0) is 9.59 Å². The molecule has 0 bridgehead atoms. The Hall–Kier alpha value is -12.8. The molecule has 17 rings (SSSR count). The number of fused-ring (bicyclic) bond motifs is 4. The molecule has 0 unspecified atom stereocenters. The highest BCUT2D eigenvalue weighted by molar-refractivity contribution is 6.01. The van der Waals surface area contributed by atoms with E-state index in [4.69, 9.17) is 48.1 Å². The Morgan fingerprint density at radius 2 is 0.755 bits per heavy atom. The first-order valence-electron chi connectivity index (χ1n) is 35.4. The Labute approximate surface area is 609 Å². The number of phenolic OH excluding ortho intramolecular Hbond substituents is 2. The van der Waals surface area contributed by atoms with Crippen molar-refractivity contribution < 1.29 is 24.5 Å². The van der Waals surface area contributed by atoms with Crippen LogP contribution in [0.15, 0.2) is 178 Å². The second kappa shape index (κ2) is 31.5. The summed E-state index contributed by atoms with van der Waals surface area (Å²) in [5.74, 6) is 3.38. The van der Waals surface area contributed by atoms with E-state index < -0.39 is 0 Å². The summed E-state index contributed by atoms with van der Waals surface area (Å²) in [4.78, 5) is 62.1. The maximum Gasteiger partial charge on any atom is 0.246 e. The van der Waals surface area contributed by atoms with E-state index in [1.807, 2.05) is 85.5 Å². The van der Waals surface area contributed by atoms with Gasteiger partial charge in [-0.15, -0.1) is 0 Å². The van der Waals surface area contributed by atoms with Crippen LogP contribution in [0.4, 0.5) is 23.3 Å². The van der Waals surface area contributed by atoms with E-state index in [1.54, 1.807) is 46.2 Å². The van der Waals surface area contributed by atoms with Crippen molar-refractivity contribution in [2.75, 3.05) is 75.3 Å². The van der Waals surface area contributed by atoms with Gasteiger partial charge in [-0.2, -0.15) is 20.4 Å². The predicted molar refractivity (Wildman–Crippen MR) is 408 cm³/mol. The standard InChI is InChI=1S/C25H24N6O2.C19H20N6O2.C17H20N6.C16H18N6O/c1-2-21(32)30-14-6-7-18(15-30)31-25-22(24(26)27-16-28-25)23(29-31)17-10-12-20(13-11-17)33-19-8-4-3-5-9-19;1-2-15(27)24-9-3-4-13(10-24)25-19-16(18(20)21-11-22-19)17(23-25)12-5-7-14(26)8-6-12;1-11-4-6-12(7-5-11)15-14-16(18)20-10-21-17(14)23(22-15)13-3-2-8-19-9-13;17-15-13-14(10-3-5-12(23)6-4-10)21-22(16(13)20-9-19-15)11-2-1-7-18-8-11/h2-5,8-13,16,18H,1,6-7,14-15H2,(H2,26,27,28);2,5-8,11,13,26H,1,3-4,9-10H2,(H2,20,21,22);4-7,10,13,19H,2-3,8-9H2,1H3,(H2,18,20,21);3-6,9,11,18,23H,1-2,7-8H2,(H2,17,19,20)/t18-;2*13-;11-/m1111/s1. The van der Waals surface area contributed by atoms with Gasteiger partial charge in [-0.25, -0.2) is 58.6 Å². The highest BCUT2D eigenvalue weighted by Crippen LogP contribution is 2.39. The number of anilines is 4. The Kier molecular flexibility index (Phi) is 20.9. The molecule has 29 nitrogen and oxygen atoms in total. The zero-order chi connectivity index (χ0) is 73.4. The molecule has 2 amide bonds. The van der Waals surface area contributed by atoms with Crippen molar-refractivity contribution in [3.63, 3.8) is 0 Å². The van der Waals surface area contributed by atoms with Gasteiger partial charge in [-0.1, -0.05) is 61.2 Å². The smallest absolute Gasteiger partial charge is 0.246 e. The molecule has 12 heterocycles. The molecule has 5 aromatic carbocycles. The van der Waals surface area contributed by atoms with Crippen molar-refractivity contribution in [3.05, 3.63) is 184 Å². The summed E-state index contributed by atoms with van der Waals surface area (Å²) in [7, 11) is 0. The molecule has 0 radical (unpaired) electrons. The van der Waals surface area contributed by atoms with Crippen LogP contribution in [0.25, 0.3) is 89.2 Å². The largest absolute Gasteiger partial charge is 0.508 e. The van der Waals surface area contributed by atoms with Crippen molar-refractivity contribution in [3.8, 4) is 68.0 Å². The minimum absolute atomic E-state index is 0.00566. The van der Waals surface area contributed by atoms with Crippen molar-refractivity contribution >= 4 is 79.2 Å². The average molecular weight is 1420 g/mol. The molecule has 4 atom stereocenters. The average Bonchev–Trinajstić information content (AvgIpc) is 1.64. The number of piperidine rings is 4. The van der Waals surface area contributed by atoms with Crippen molar-refractivity contribution in [1.29, 1.82) is 0 Å². The first kappa shape index (κ1) is 70.3. The number of likely N-dealkylation sites (tertiary alicyclic amines) is 2. The van der Waals surface area contributed by atoms with Gasteiger partial charge in [0.15, 0.2) is 22.6 Å².